The Morgan fingerprint density at radius 1 is 1.30 bits per heavy atom. The van der Waals surface area contributed by atoms with E-state index in [9.17, 15) is 4.39 Å². The van der Waals surface area contributed by atoms with Crippen LogP contribution < -0.4 is 11.3 Å². The maximum absolute atomic E-state index is 14.0. The molecular formula is C14H12ClFN2S2. The molecule has 2 nitrogen and oxygen atoms in total. The molecule has 0 amide bonds. The Hall–Kier alpha value is -0.980. The molecule has 104 valence electrons. The van der Waals surface area contributed by atoms with Crippen LogP contribution in [0.25, 0.3) is 9.40 Å². The van der Waals surface area contributed by atoms with E-state index in [0.717, 1.165) is 4.88 Å². The fraction of sp³-hybridized carbons (Fsp3) is 0.143. The smallest absolute Gasteiger partial charge is 0.145 e. The summed E-state index contributed by atoms with van der Waals surface area (Å²) in [4.78, 5) is 1.11. The third-order valence-electron chi connectivity index (χ3n) is 3.16. The van der Waals surface area contributed by atoms with E-state index in [1.54, 1.807) is 40.9 Å². The van der Waals surface area contributed by atoms with Crippen LogP contribution in [0.4, 0.5) is 4.39 Å². The number of fused-ring (bicyclic) bond motifs is 1. The average Bonchev–Trinajstić information content (AvgIpc) is 3.01. The Morgan fingerprint density at radius 2 is 2.15 bits per heavy atom. The molecule has 3 N–H and O–H groups in total. The zero-order valence-electron chi connectivity index (χ0n) is 10.4. The SMILES string of the molecule is NNC(Cc1cccc(Cl)c1F)c1cc2sccc2s1. The molecule has 3 aromatic rings. The summed E-state index contributed by atoms with van der Waals surface area (Å²) in [6, 6.07) is 9.11. The summed E-state index contributed by atoms with van der Waals surface area (Å²) in [7, 11) is 0. The number of nitrogens with two attached hydrogens (primary N) is 1. The zero-order chi connectivity index (χ0) is 14.1. The summed E-state index contributed by atoms with van der Waals surface area (Å²) in [5, 5.41) is 2.21. The summed E-state index contributed by atoms with van der Waals surface area (Å²) in [5.74, 6) is 5.27. The normalized spacial score (nSPS) is 12.9. The lowest BCUT2D eigenvalue weighted by molar-refractivity contribution is 0.536. The van der Waals surface area contributed by atoms with E-state index < -0.39 is 0 Å². The molecule has 6 heteroatoms. The van der Waals surface area contributed by atoms with Crippen molar-refractivity contribution in [1.29, 1.82) is 0 Å². The van der Waals surface area contributed by atoms with Gasteiger partial charge in [-0.1, -0.05) is 23.7 Å². The number of rotatable bonds is 4. The van der Waals surface area contributed by atoms with Gasteiger partial charge in [-0.3, -0.25) is 11.3 Å². The van der Waals surface area contributed by atoms with Gasteiger partial charge in [0.25, 0.3) is 0 Å². The number of nitrogens with one attached hydrogen (secondary N) is 1. The molecule has 0 aliphatic rings. The second-order valence-corrected chi connectivity index (χ2v) is 6.90. The Morgan fingerprint density at radius 3 is 2.90 bits per heavy atom. The van der Waals surface area contributed by atoms with Crippen molar-refractivity contribution in [3.63, 3.8) is 0 Å². The molecule has 0 aliphatic heterocycles. The molecule has 0 bridgehead atoms. The standard InChI is InChI=1S/C14H12ClFN2S2/c15-9-3-1-2-8(14(9)16)6-10(18-17)12-7-13-11(20-12)4-5-19-13/h1-5,7,10,18H,6,17H2. The first-order valence-corrected chi connectivity index (χ1v) is 8.12. The highest BCUT2D eigenvalue weighted by Gasteiger charge is 2.17. The topological polar surface area (TPSA) is 38.0 Å². The van der Waals surface area contributed by atoms with Crippen molar-refractivity contribution in [3.8, 4) is 0 Å². The number of thiophene rings is 2. The summed E-state index contributed by atoms with van der Waals surface area (Å²) in [6.07, 6.45) is 0.469. The van der Waals surface area contributed by atoms with Crippen molar-refractivity contribution in [2.45, 2.75) is 12.5 Å². The van der Waals surface area contributed by atoms with Gasteiger partial charge in [0.2, 0.25) is 0 Å². The van der Waals surface area contributed by atoms with Gasteiger partial charge in [0, 0.05) is 14.3 Å². The average molecular weight is 327 g/mol. The fourth-order valence-electron chi connectivity index (χ4n) is 2.12. The van der Waals surface area contributed by atoms with Crippen LogP contribution in [0.15, 0.2) is 35.7 Å². The van der Waals surface area contributed by atoms with Crippen molar-refractivity contribution in [3.05, 3.63) is 57.0 Å². The largest absolute Gasteiger partial charge is 0.271 e. The Balaban J connectivity index is 1.90. The minimum atomic E-state index is -0.368. The maximum Gasteiger partial charge on any atom is 0.145 e. The number of halogens is 2. The second-order valence-electron chi connectivity index (χ2n) is 4.43. The predicted molar refractivity (Wildman–Crippen MR) is 84.9 cm³/mol. The van der Waals surface area contributed by atoms with Gasteiger partial charge in [0.1, 0.15) is 5.82 Å². The zero-order valence-corrected chi connectivity index (χ0v) is 12.8. The number of benzene rings is 1. The molecule has 1 aromatic carbocycles. The van der Waals surface area contributed by atoms with Crippen molar-refractivity contribution < 1.29 is 4.39 Å². The highest BCUT2D eigenvalue weighted by Crippen LogP contribution is 2.34. The number of hydrogen-bond acceptors (Lipinski definition) is 4. The summed E-state index contributed by atoms with van der Waals surface area (Å²) >= 11 is 9.18. The van der Waals surface area contributed by atoms with E-state index in [0.29, 0.717) is 12.0 Å². The van der Waals surface area contributed by atoms with Crippen molar-refractivity contribution in [2.75, 3.05) is 0 Å². The highest BCUT2D eigenvalue weighted by molar-refractivity contribution is 7.26. The lowest BCUT2D eigenvalue weighted by Gasteiger charge is -2.15. The van der Waals surface area contributed by atoms with Crippen molar-refractivity contribution in [1.82, 2.24) is 5.43 Å². The van der Waals surface area contributed by atoms with Crippen molar-refractivity contribution in [2.24, 2.45) is 5.84 Å². The molecule has 2 heterocycles. The molecule has 0 saturated carbocycles. The van der Waals surface area contributed by atoms with Gasteiger partial charge in [-0.25, -0.2) is 4.39 Å². The van der Waals surface area contributed by atoms with Gasteiger partial charge in [-0.15, -0.1) is 22.7 Å². The van der Waals surface area contributed by atoms with Gasteiger partial charge in [0.05, 0.1) is 11.1 Å². The monoisotopic (exact) mass is 326 g/mol. The van der Waals surface area contributed by atoms with Crippen LogP contribution in [0.3, 0.4) is 0 Å². The molecule has 0 spiro atoms. The molecule has 0 aliphatic carbocycles. The first kappa shape index (κ1) is 14.0. The third kappa shape index (κ3) is 2.60. The molecule has 1 unspecified atom stereocenters. The van der Waals surface area contributed by atoms with Crippen LogP contribution in [0, 0.1) is 5.82 Å². The summed E-state index contributed by atoms with van der Waals surface area (Å²) in [5.41, 5.74) is 3.34. The minimum Gasteiger partial charge on any atom is -0.271 e. The summed E-state index contributed by atoms with van der Waals surface area (Å²) < 4.78 is 16.4. The van der Waals surface area contributed by atoms with Gasteiger partial charge in [-0.05, 0) is 35.6 Å². The van der Waals surface area contributed by atoms with Crippen LogP contribution in [-0.2, 0) is 6.42 Å². The lowest BCUT2D eigenvalue weighted by Crippen LogP contribution is -2.29. The van der Waals surface area contributed by atoms with Crippen LogP contribution >= 0.6 is 34.3 Å². The Labute approximate surface area is 129 Å². The van der Waals surface area contributed by atoms with Crippen LogP contribution in [0.2, 0.25) is 5.02 Å². The lowest BCUT2D eigenvalue weighted by atomic mass is 10.0. The first-order chi connectivity index (χ1) is 9.69. The predicted octanol–water partition coefficient (Wildman–Crippen LogP) is 4.50. The van der Waals surface area contributed by atoms with E-state index in [-0.39, 0.29) is 16.9 Å². The van der Waals surface area contributed by atoms with Gasteiger partial charge in [0.15, 0.2) is 0 Å². The van der Waals surface area contributed by atoms with Crippen molar-refractivity contribution >= 4 is 43.7 Å². The van der Waals surface area contributed by atoms with Gasteiger partial charge < -0.3 is 0 Å². The first-order valence-electron chi connectivity index (χ1n) is 6.05. The highest BCUT2D eigenvalue weighted by atomic mass is 35.5. The molecule has 1 atom stereocenters. The molecule has 0 saturated heterocycles. The van der Waals surface area contributed by atoms with E-state index in [1.165, 1.54) is 9.40 Å². The van der Waals surface area contributed by atoms with Crippen LogP contribution in [-0.4, -0.2) is 0 Å². The molecule has 0 fully saturated rings. The van der Waals surface area contributed by atoms with Crippen LogP contribution in [0.5, 0.6) is 0 Å². The molecule has 0 radical (unpaired) electrons. The third-order valence-corrected chi connectivity index (χ3v) is 5.66. The molecule has 2 aromatic heterocycles. The van der Waals surface area contributed by atoms with E-state index in [2.05, 4.69) is 22.9 Å². The minimum absolute atomic E-state index is 0.118. The van der Waals surface area contributed by atoms with Gasteiger partial charge >= 0.3 is 0 Å². The Bertz CT molecular complexity index is 709. The number of hydrogen-bond donors (Lipinski definition) is 2. The molecular weight excluding hydrogens is 315 g/mol. The second kappa shape index (κ2) is 5.79. The maximum atomic E-state index is 14.0. The van der Waals surface area contributed by atoms with E-state index in [4.69, 9.17) is 17.4 Å². The number of hydrazine groups is 1. The summed E-state index contributed by atoms with van der Waals surface area (Å²) in [6.45, 7) is 0. The quantitative estimate of drug-likeness (QED) is 0.547. The Kier molecular flexibility index (Phi) is 4.05. The molecule has 20 heavy (non-hydrogen) atoms. The van der Waals surface area contributed by atoms with E-state index >= 15 is 0 Å². The van der Waals surface area contributed by atoms with Crippen LogP contribution in [0.1, 0.15) is 16.5 Å². The van der Waals surface area contributed by atoms with E-state index in [1.807, 2.05) is 0 Å². The fourth-order valence-corrected chi connectivity index (χ4v) is 4.50. The van der Waals surface area contributed by atoms with Gasteiger partial charge in [-0.2, -0.15) is 0 Å². The molecule has 3 rings (SSSR count).